The summed E-state index contributed by atoms with van der Waals surface area (Å²) in [6.07, 6.45) is 1.56. The molecule has 0 aliphatic rings. The normalized spacial score (nSPS) is 13.6. The molecule has 2 aromatic rings. The Labute approximate surface area is 163 Å². The number of nitrogens with zero attached hydrogens (tertiary/aromatic N) is 1. The van der Waals surface area contributed by atoms with Crippen LogP contribution in [0.15, 0.2) is 54.6 Å². The molecule has 0 spiro atoms. The minimum atomic E-state index is -0.547. The number of ether oxygens (including phenoxy) is 2. The van der Waals surface area contributed by atoms with E-state index in [0.717, 1.165) is 18.6 Å². The summed E-state index contributed by atoms with van der Waals surface area (Å²) in [6.45, 7) is 9.57. The topological polar surface area (TPSA) is 42.2 Å². The average molecular weight is 366 g/mol. The first-order valence-electron chi connectivity index (χ1n) is 9.73. The summed E-state index contributed by atoms with van der Waals surface area (Å²) in [7, 11) is 0. The van der Waals surface area contributed by atoms with E-state index in [1.54, 1.807) is 0 Å². The van der Waals surface area contributed by atoms with Crippen molar-refractivity contribution in [3.8, 4) is 11.8 Å². The fraction of sp³-hybridized carbons (Fsp3) is 0.458. The average Bonchev–Trinajstić information content (AvgIpc) is 2.63. The number of nitriles is 1. The molecule has 0 radical (unpaired) electrons. The van der Waals surface area contributed by atoms with Gasteiger partial charge in [0.1, 0.15) is 5.75 Å². The third-order valence-corrected chi connectivity index (χ3v) is 4.80. The fourth-order valence-electron chi connectivity index (χ4n) is 3.44. The molecular formula is C24H31NO2. The van der Waals surface area contributed by atoms with Crippen molar-refractivity contribution in [2.24, 2.45) is 5.41 Å². The highest BCUT2D eigenvalue weighted by atomic mass is 16.7. The summed E-state index contributed by atoms with van der Waals surface area (Å²) in [6, 6.07) is 20.5. The molecule has 0 N–H and O–H groups in total. The second-order valence-electron chi connectivity index (χ2n) is 7.91. The highest BCUT2D eigenvalue weighted by molar-refractivity contribution is 5.30. The molecule has 0 bridgehead atoms. The Balaban J connectivity index is 1.94. The highest BCUT2D eigenvalue weighted by Gasteiger charge is 2.24. The van der Waals surface area contributed by atoms with Gasteiger partial charge in [-0.15, -0.1) is 0 Å². The number of hydrogen-bond donors (Lipinski definition) is 0. The summed E-state index contributed by atoms with van der Waals surface area (Å²) < 4.78 is 11.7. The molecule has 0 fully saturated rings. The largest absolute Gasteiger partial charge is 0.464 e. The molecule has 0 saturated heterocycles. The second-order valence-corrected chi connectivity index (χ2v) is 7.91. The molecule has 2 atom stereocenters. The van der Waals surface area contributed by atoms with Crippen molar-refractivity contribution in [3.63, 3.8) is 0 Å². The first-order valence-corrected chi connectivity index (χ1v) is 9.73. The number of rotatable bonds is 9. The highest BCUT2D eigenvalue weighted by Crippen LogP contribution is 2.38. The minimum Gasteiger partial charge on any atom is -0.464 e. The quantitative estimate of drug-likeness (QED) is 0.504. The van der Waals surface area contributed by atoms with Gasteiger partial charge in [0.2, 0.25) is 6.29 Å². The molecule has 3 nitrogen and oxygen atoms in total. The van der Waals surface area contributed by atoms with Crippen LogP contribution in [0.1, 0.15) is 57.6 Å². The van der Waals surface area contributed by atoms with Crippen molar-refractivity contribution in [1.29, 1.82) is 5.26 Å². The van der Waals surface area contributed by atoms with E-state index in [0.29, 0.717) is 12.5 Å². The predicted octanol–water partition coefficient (Wildman–Crippen LogP) is 6.10. The zero-order valence-electron chi connectivity index (χ0n) is 16.9. The molecule has 0 heterocycles. The van der Waals surface area contributed by atoms with E-state index in [1.165, 1.54) is 11.1 Å². The lowest BCUT2D eigenvalue weighted by Crippen LogP contribution is -2.21. The molecule has 144 valence electrons. The maximum absolute atomic E-state index is 9.06. The van der Waals surface area contributed by atoms with Crippen molar-refractivity contribution in [2.45, 2.75) is 59.2 Å². The van der Waals surface area contributed by atoms with Gasteiger partial charge in [0.05, 0.1) is 19.1 Å². The van der Waals surface area contributed by atoms with E-state index in [4.69, 9.17) is 14.7 Å². The van der Waals surface area contributed by atoms with Gasteiger partial charge in [0.15, 0.2) is 0 Å². The molecule has 0 saturated carbocycles. The van der Waals surface area contributed by atoms with Crippen LogP contribution in [-0.2, 0) is 11.2 Å². The zero-order valence-corrected chi connectivity index (χ0v) is 16.9. The Morgan fingerprint density at radius 2 is 1.67 bits per heavy atom. The van der Waals surface area contributed by atoms with Crippen molar-refractivity contribution in [1.82, 2.24) is 0 Å². The summed E-state index contributed by atoms with van der Waals surface area (Å²) >= 11 is 0. The Hall–Kier alpha value is -2.31. The van der Waals surface area contributed by atoms with Gasteiger partial charge in [-0.25, -0.2) is 0 Å². The van der Waals surface area contributed by atoms with Gasteiger partial charge >= 0.3 is 0 Å². The fourth-order valence-corrected chi connectivity index (χ4v) is 3.44. The molecular weight excluding hydrogens is 334 g/mol. The maximum atomic E-state index is 9.06. The number of hydrogen-bond acceptors (Lipinski definition) is 3. The van der Waals surface area contributed by atoms with E-state index < -0.39 is 6.29 Å². The lowest BCUT2D eigenvalue weighted by Gasteiger charge is -2.30. The van der Waals surface area contributed by atoms with E-state index >= 15 is 0 Å². The van der Waals surface area contributed by atoms with Crippen LogP contribution in [0.2, 0.25) is 0 Å². The Morgan fingerprint density at radius 1 is 1.00 bits per heavy atom. The van der Waals surface area contributed by atoms with Gasteiger partial charge in [0.25, 0.3) is 0 Å². The molecule has 2 unspecified atom stereocenters. The van der Waals surface area contributed by atoms with Gasteiger partial charge in [-0.05, 0) is 47.4 Å². The van der Waals surface area contributed by atoms with E-state index in [9.17, 15) is 0 Å². The van der Waals surface area contributed by atoms with Crippen molar-refractivity contribution >= 4 is 0 Å². The van der Waals surface area contributed by atoms with E-state index in [2.05, 4.69) is 58.0 Å². The lowest BCUT2D eigenvalue weighted by molar-refractivity contribution is -0.0751. The summed E-state index contributed by atoms with van der Waals surface area (Å²) in [4.78, 5) is 0. The van der Waals surface area contributed by atoms with Crippen molar-refractivity contribution in [2.75, 3.05) is 6.61 Å². The van der Waals surface area contributed by atoms with Gasteiger partial charge in [-0.3, -0.25) is 0 Å². The van der Waals surface area contributed by atoms with Crippen LogP contribution in [0.25, 0.3) is 0 Å². The van der Waals surface area contributed by atoms with Crippen molar-refractivity contribution < 1.29 is 9.47 Å². The molecule has 2 aromatic carbocycles. The molecule has 0 aliphatic carbocycles. The van der Waals surface area contributed by atoms with Crippen LogP contribution in [0.3, 0.4) is 0 Å². The molecule has 2 rings (SSSR count). The van der Waals surface area contributed by atoms with Gasteiger partial charge < -0.3 is 9.47 Å². The van der Waals surface area contributed by atoms with Crippen molar-refractivity contribution in [3.05, 3.63) is 65.7 Å². The third-order valence-electron chi connectivity index (χ3n) is 4.80. The standard InChI is InChI=1S/C24H31NO2/c1-5-22(24(2,3)4)20-11-13-21(14-12-20)27-23(15-17-25)26-18-16-19-9-7-6-8-10-19/h6-14,22-23H,5,15-16,18H2,1-4H3. The molecule has 27 heavy (non-hydrogen) atoms. The monoisotopic (exact) mass is 365 g/mol. The maximum Gasteiger partial charge on any atom is 0.212 e. The van der Waals surface area contributed by atoms with Crippen LogP contribution in [0, 0.1) is 16.7 Å². The minimum absolute atomic E-state index is 0.204. The summed E-state index contributed by atoms with van der Waals surface area (Å²) in [5.74, 6) is 1.24. The number of benzene rings is 2. The lowest BCUT2D eigenvalue weighted by atomic mass is 9.75. The summed E-state index contributed by atoms with van der Waals surface area (Å²) in [5.41, 5.74) is 2.76. The van der Waals surface area contributed by atoms with Crippen LogP contribution in [-0.4, -0.2) is 12.9 Å². The summed E-state index contributed by atoms with van der Waals surface area (Å²) in [5, 5.41) is 9.06. The smallest absolute Gasteiger partial charge is 0.212 e. The zero-order chi connectivity index (χ0) is 19.7. The third kappa shape index (κ3) is 6.73. The van der Waals surface area contributed by atoms with Gasteiger partial charge in [-0.2, -0.15) is 5.26 Å². The molecule has 0 aromatic heterocycles. The van der Waals surface area contributed by atoms with Crippen LogP contribution in [0.5, 0.6) is 5.75 Å². The predicted molar refractivity (Wildman–Crippen MR) is 110 cm³/mol. The van der Waals surface area contributed by atoms with Gasteiger partial charge in [-0.1, -0.05) is 70.2 Å². The van der Waals surface area contributed by atoms with Crippen LogP contribution >= 0.6 is 0 Å². The van der Waals surface area contributed by atoms with Gasteiger partial charge in [0, 0.05) is 0 Å². The van der Waals surface area contributed by atoms with Crippen LogP contribution < -0.4 is 4.74 Å². The van der Waals surface area contributed by atoms with Crippen LogP contribution in [0.4, 0.5) is 0 Å². The molecule has 0 amide bonds. The first-order chi connectivity index (χ1) is 12.9. The molecule has 0 aliphatic heterocycles. The van der Waals surface area contributed by atoms with E-state index in [1.807, 2.05) is 30.3 Å². The molecule has 3 heteroatoms. The Kier molecular flexibility index (Phi) is 7.88. The Morgan fingerprint density at radius 3 is 2.22 bits per heavy atom. The van der Waals surface area contributed by atoms with E-state index in [-0.39, 0.29) is 11.8 Å². The SMILES string of the molecule is CCC(c1ccc(OC(CC#N)OCCc2ccccc2)cc1)C(C)(C)C. The second kappa shape index (κ2) is 10.1. The Bertz CT molecular complexity index is 711. The first kappa shape index (κ1) is 21.0.